The van der Waals surface area contributed by atoms with Gasteiger partial charge in [-0.1, -0.05) is 0 Å². The Labute approximate surface area is 74.0 Å². The number of alkyl halides is 3. The van der Waals surface area contributed by atoms with Crippen molar-refractivity contribution in [3.05, 3.63) is 22.5 Å². The fourth-order valence-electron chi connectivity index (χ4n) is 1.06. The van der Waals surface area contributed by atoms with Crippen molar-refractivity contribution < 1.29 is 13.2 Å². The van der Waals surface area contributed by atoms with Gasteiger partial charge in [0, 0.05) is 0 Å². The van der Waals surface area contributed by atoms with Gasteiger partial charge in [-0.05, 0) is 0 Å². The number of aromatic amines is 2. The second-order valence-corrected chi connectivity index (χ2v) is 2.52. The van der Waals surface area contributed by atoms with Crippen LogP contribution in [-0.2, 0) is 6.18 Å². The molecule has 8 heteroatoms. The SMILES string of the molecule is O=c1nc2nc[nH]c2c(C(F)(F)F)[nH]1. The summed E-state index contributed by atoms with van der Waals surface area (Å²) >= 11 is 0. The first-order valence-electron chi connectivity index (χ1n) is 3.49. The maximum Gasteiger partial charge on any atom is 0.433 e. The smallest absolute Gasteiger partial charge is 0.341 e. The number of nitrogens with zero attached hydrogens (tertiary/aromatic N) is 2. The summed E-state index contributed by atoms with van der Waals surface area (Å²) in [4.78, 5) is 21.3. The van der Waals surface area contributed by atoms with Crippen LogP contribution in [0.15, 0.2) is 11.1 Å². The quantitative estimate of drug-likeness (QED) is 0.662. The summed E-state index contributed by atoms with van der Waals surface area (Å²) in [6.07, 6.45) is -3.59. The Bertz CT molecular complexity index is 526. The maximum absolute atomic E-state index is 12.3. The topological polar surface area (TPSA) is 74.4 Å². The van der Waals surface area contributed by atoms with E-state index >= 15 is 0 Å². The second-order valence-electron chi connectivity index (χ2n) is 2.52. The molecule has 0 radical (unpaired) electrons. The Morgan fingerprint density at radius 2 is 2.07 bits per heavy atom. The molecule has 0 saturated carbocycles. The van der Waals surface area contributed by atoms with Gasteiger partial charge < -0.3 is 4.98 Å². The van der Waals surface area contributed by atoms with Crippen molar-refractivity contribution in [2.45, 2.75) is 6.18 Å². The third-order valence-corrected chi connectivity index (χ3v) is 1.59. The summed E-state index contributed by atoms with van der Waals surface area (Å²) in [5, 5.41) is 0. The van der Waals surface area contributed by atoms with E-state index in [1.807, 2.05) is 0 Å². The Balaban J connectivity index is 2.87. The van der Waals surface area contributed by atoms with Crippen molar-refractivity contribution in [1.82, 2.24) is 19.9 Å². The molecule has 0 spiro atoms. The van der Waals surface area contributed by atoms with Gasteiger partial charge in [0.1, 0.15) is 5.52 Å². The first-order valence-corrected chi connectivity index (χ1v) is 3.49. The van der Waals surface area contributed by atoms with Crippen molar-refractivity contribution >= 4 is 11.2 Å². The Morgan fingerprint density at radius 1 is 1.36 bits per heavy atom. The summed E-state index contributed by atoms with van der Waals surface area (Å²) in [6, 6.07) is 0. The highest BCUT2D eigenvalue weighted by Crippen LogP contribution is 2.30. The number of rotatable bonds is 0. The number of halogens is 3. The lowest BCUT2D eigenvalue weighted by atomic mass is 10.3. The number of hydrogen-bond donors (Lipinski definition) is 2. The van der Waals surface area contributed by atoms with Gasteiger partial charge in [0.05, 0.1) is 6.33 Å². The maximum atomic E-state index is 12.3. The number of fused-ring (bicyclic) bond motifs is 1. The van der Waals surface area contributed by atoms with E-state index in [1.54, 1.807) is 4.98 Å². The van der Waals surface area contributed by atoms with E-state index in [1.165, 1.54) is 0 Å². The number of imidazole rings is 1. The highest BCUT2D eigenvalue weighted by Gasteiger charge is 2.35. The highest BCUT2D eigenvalue weighted by atomic mass is 19.4. The van der Waals surface area contributed by atoms with E-state index in [9.17, 15) is 18.0 Å². The molecule has 0 bridgehead atoms. The van der Waals surface area contributed by atoms with E-state index in [0.717, 1.165) is 6.33 Å². The van der Waals surface area contributed by atoms with Gasteiger partial charge in [0.25, 0.3) is 0 Å². The minimum atomic E-state index is -4.63. The molecule has 0 aliphatic carbocycles. The van der Waals surface area contributed by atoms with Crippen LogP contribution >= 0.6 is 0 Å². The molecular formula is C6H3F3N4O. The van der Waals surface area contributed by atoms with Gasteiger partial charge in [0.15, 0.2) is 11.3 Å². The van der Waals surface area contributed by atoms with Crippen LogP contribution in [0.4, 0.5) is 13.2 Å². The molecule has 2 N–H and O–H groups in total. The predicted molar refractivity (Wildman–Crippen MR) is 39.5 cm³/mol. The molecule has 0 fully saturated rings. The minimum absolute atomic E-state index is 0.249. The number of H-pyrrole nitrogens is 2. The molecule has 5 nitrogen and oxygen atoms in total. The lowest BCUT2D eigenvalue weighted by Gasteiger charge is -2.05. The molecule has 0 aliphatic rings. The zero-order valence-electron chi connectivity index (χ0n) is 6.51. The molecule has 0 atom stereocenters. The van der Waals surface area contributed by atoms with Crippen LogP contribution in [0, 0.1) is 0 Å². The Kier molecular flexibility index (Phi) is 1.60. The van der Waals surface area contributed by atoms with Crippen molar-refractivity contribution in [3.63, 3.8) is 0 Å². The van der Waals surface area contributed by atoms with Crippen LogP contribution in [-0.4, -0.2) is 19.9 Å². The zero-order valence-corrected chi connectivity index (χ0v) is 6.51. The molecule has 0 aromatic carbocycles. The van der Waals surface area contributed by atoms with Crippen LogP contribution in [0.2, 0.25) is 0 Å². The van der Waals surface area contributed by atoms with Crippen LogP contribution in [0.3, 0.4) is 0 Å². The van der Waals surface area contributed by atoms with E-state index in [-0.39, 0.29) is 11.2 Å². The van der Waals surface area contributed by atoms with Crippen LogP contribution in [0.1, 0.15) is 5.69 Å². The standard InChI is InChI=1S/C6H3F3N4O/c7-6(8,9)3-2-4(11-1-10-2)13-5(14)12-3/h1H,(H2,10,11,12,13,14). The monoisotopic (exact) mass is 204 g/mol. The Morgan fingerprint density at radius 3 is 2.71 bits per heavy atom. The first-order chi connectivity index (χ1) is 6.48. The van der Waals surface area contributed by atoms with Gasteiger partial charge >= 0.3 is 11.9 Å². The number of nitrogens with one attached hydrogen (secondary N) is 2. The normalized spacial score (nSPS) is 12.2. The molecule has 14 heavy (non-hydrogen) atoms. The highest BCUT2D eigenvalue weighted by molar-refractivity contribution is 5.72. The summed E-state index contributed by atoms with van der Waals surface area (Å²) in [6.45, 7) is 0. The zero-order chi connectivity index (χ0) is 10.3. The molecule has 0 saturated heterocycles. The fraction of sp³-hybridized carbons (Fsp3) is 0.167. The van der Waals surface area contributed by atoms with Gasteiger partial charge in [-0.2, -0.15) is 18.2 Å². The molecule has 2 aromatic rings. The molecule has 2 rings (SSSR count). The third-order valence-electron chi connectivity index (χ3n) is 1.59. The molecule has 2 aromatic heterocycles. The van der Waals surface area contributed by atoms with E-state index in [4.69, 9.17) is 0 Å². The van der Waals surface area contributed by atoms with Crippen molar-refractivity contribution in [1.29, 1.82) is 0 Å². The fourth-order valence-corrected chi connectivity index (χ4v) is 1.06. The van der Waals surface area contributed by atoms with Crippen molar-refractivity contribution in [3.8, 4) is 0 Å². The lowest BCUT2D eigenvalue weighted by Crippen LogP contribution is -2.19. The first kappa shape index (κ1) is 8.73. The van der Waals surface area contributed by atoms with Crippen molar-refractivity contribution in [2.75, 3.05) is 0 Å². The molecule has 0 unspecified atom stereocenters. The van der Waals surface area contributed by atoms with E-state index in [0.29, 0.717) is 0 Å². The van der Waals surface area contributed by atoms with E-state index in [2.05, 4.69) is 15.0 Å². The number of aromatic nitrogens is 4. The predicted octanol–water partition coefficient (Wildman–Crippen LogP) is 0.665. The summed E-state index contributed by atoms with van der Waals surface area (Å²) in [5.74, 6) is 0. The number of hydrogen-bond acceptors (Lipinski definition) is 3. The summed E-state index contributed by atoms with van der Waals surface area (Å²) in [5.41, 5.74) is -2.81. The molecule has 0 aliphatic heterocycles. The van der Waals surface area contributed by atoms with Crippen LogP contribution in [0.25, 0.3) is 11.2 Å². The molecule has 0 amide bonds. The van der Waals surface area contributed by atoms with Crippen molar-refractivity contribution in [2.24, 2.45) is 0 Å². The van der Waals surface area contributed by atoms with Gasteiger partial charge in [-0.25, -0.2) is 9.78 Å². The Hall–Kier alpha value is -1.86. The third kappa shape index (κ3) is 1.24. The van der Waals surface area contributed by atoms with Crippen LogP contribution < -0.4 is 5.69 Å². The lowest BCUT2D eigenvalue weighted by molar-refractivity contribution is -0.140. The van der Waals surface area contributed by atoms with Crippen LogP contribution in [0.5, 0.6) is 0 Å². The summed E-state index contributed by atoms with van der Waals surface area (Å²) in [7, 11) is 0. The average Bonchev–Trinajstić information content (AvgIpc) is 2.47. The molecule has 2 heterocycles. The average molecular weight is 204 g/mol. The summed E-state index contributed by atoms with van der Waals surface area (Å²) < 4.78 is 37.0. The van der Waals surface area contributed by atoms with Gasteiger partial charge in [0.2, 0.25) is 0 Å². The second kappa shape index (κ2) is 2.56. The minimum Gasteiger partial charge on any atom is -0.341 e. The molecular weight excluding hydrogens is 201 g/mol. The molecule has 74 valence electrons. The largest absolute Gasteiger partial charge is 0.433 e. The van der Waals surface area contributed by atoms with Gasteiger partial charge in [-0.15, -0.1) is 0 Å². The van der Waals surface area contributed by atoms with Gasteiger partial charge in [-0.3, -0.25) is 4.98 Å². The van der Waals surface area contributed by atoms with E-state index < -0.39 is 17.6 Å².